The standard InChI is InChI=1S/C19H20N2O5/c1-12-7-4-5-9-15(12)14(3)20-17(22)11-26-19(23)16-10-6-8-13(2)18(16)21(24)25/h4-10,14H,11H2,1-3H3,(H,20,22). The van der Waals surface area contributed by atoms with Crippen LogP contribution in [0.25, 0.3) is 0 Å². The van der Waals surface area contributed by atoms with Gasteiger partial charge in [0.15, 0.2) is 6.61 Å². The highest BCUT2D eigenvalue weighted by Crippen LogP contribution is 2.23. The zero-order chi connectivity index (χ0) is 19.3. The van der Waals surface area contributed by atoms with Gasteiger partial charge in [-0.15, -0.1) is 0 Å². The van der Waals surface area contributed by atoms with E-state index in [-0.39, 0.29) is 17.3 Å². The summed E-state index contributed by atoms with van der Waals surface area (Å²) in [7, 11) is 0. The van der Waals surface area contributed by atoms with Crippen molar-refractivity contribution in [2.24, 2.45) is 0 Å². The fourth-order valence-electron chi connectivity index (χ4n) is 2.71. The molecule has 2 aromatic rings. The molecule has 1 atom stereocenters. The highest BCUT2D eigenvalue weighted by molar-refractivity contribution is 5.95. The van der Waals surface area contributed by atoms with E-state index >= 15 is 0 Å². The SMILES string of the molecule is Cc1ccccc1C(C)NC(=O)COC(=O)c1cccc(C)c1[N+](=O)[O-]. The van der Waals surface area contributed by atoms with Gasteiger partial charge in [0.1, 0.15) is 5.56 Å². The number of para-hydroxylation sites is 1. The molecular formula is C19H20N2O5. The number of aryl methyl sites for hydroxylation is 2. The first-order chi connectivity index (χ1) is 12.3. The van der Waals surface area contributed by atoms with Crippen LogP contribution in [-0.2, 0) is 9.53 Å². The number of nitro benzene ring substituents is 1. The van der Waals surface area contributed by atoms with Gasteiger partial charge in [-0.1, -0.05) is 36.4 Å². The van der Waals surface area contributed by atoms with Gasteiger partial charge in [0.25, 0.3) is 11.6 Å². The van der Waals surface area contributed by atoms with Crippen LogP contribution < -0.4 is 5.32 Å². The summed E-state index contributed by atoms with van der Waals surface area (Å²) in [5.41, 5.74) is 1.86. The number of carbonyl (C=O) groups excluding carboxylic acids is 2. The minimum Gasteiger partial charge on any atom is -0.452 e. The summed E-state index contributed by atoms with van der Waals surface area (Å²) in [4.78, 5) is 34.7. The third-order valence-corrected chi connectivity index (χ3v) is 4.01. The Balaban J connectivity index is 2.00. The molecule has 0 aliphatic rings. The summed E-state index contributed by atoms with van der Waals surface area (Å²) in [5, 5.41) is 13.9. The number of esters is 1. The van der Waals surface area contributed by atoms with E-state index in [1.54, 1.807) is 0 Å². The zero-order valence-electron chi connectivity index (χ0n) is 14.8. The molecular weight excluding hydrogens is 336 g/mol. The predicted molar refractivity (Wildman–Crippen MR) is 95.9 cm³/mol. The molecule has 2 rings (SSSR count). The van der Waals surface area contributed by atoms with Crippen LogP contribution in [0.15, 0.2) is 42.5 Å². The van der Waals surface area contributed by atoms with Crippen molar-refractivity contribution in [2.75, 3.05) is 6.61 Å². The molecule has 0 radical (unpaired) electrons. The smallest absolute Gasteiger partial charge is 0.345 e. The van der Waals surface area contributed by atoms with Crippen LogP contribution in [0.2, 0.25) is 0 Å². The number of nitrogens with one attached hydrogen (secondary N) is 1. The van der Waals surface area contributed by atoms with Crippen molar-refractivity contribution in [3.05, 3.63) is 74.8 Å². The highest BCUT2D eigenvalue weighted by atomic mass is 16.6. The molecule has 0 fully saturated rings. The normalized spacial score (nSPS) is 11.5. The third-order valence-electron chi connectivity index (χ3n) is 4.01. The van der Waals surface area contributed by atoms with Crippen molar-refractivity contribution in [1.82, 2.24) is 5.32 Å². The second-order valence-corrected chi connectivity index (χ2v) is 5.95. The molecule has 1 amide bonds. The van der Waals surface area contributed by atoms with E-state index in [9.17, 15) is 19.7 Å². The van der Waals surface area contributed by atoms with E-state index in [2.05, 4.69) is 5.32 Å². The van der Waals surface area contributed by atoms with E-state index in [4.69, 9.17) is 4.74 Å². The van der Waals surface area contributed by atoms with Gasteiger partial charge < -0.3 is 10.1 Å². The summed E-state index contributed by atoms with van der Waals surface area (Å²) in [6.07, 6.45) is 0. The Morgan fingerprint density at radius 3 is 2.42 bits per heavy atom. The quantitative estimate of drug-likeness (QED) is 0.487. The molecule has 0 aliphatic heterocycles. The molecule has 0 saturated carbocycles. The lowest BCUT2D eigenvalue weighted by molar-refractivity contribution is -0.385. The van der Waals surface area contributed by atoms with Crippen LogP contribution in [0.3, 0.4) is 0 Å². The Labute approximate surface area is 151 Å². The molecule has 0 aromatic heterocycles. The molecule has 0 aliphatic carbocycles. The van der Waals surface area contributed by atoms with Gasteiger partial charge in [-0.3, -0.25) is 14.9 Å². The zero-order valence-corrected chi connectivity index (χ0v) is 14.8. The monoisotopic (exact) mass is 356 g/mol. The molecule has 0 spiro atoms. The Bertz CT molecular complexity index is 848. The van der Waals surface area contributed by atoms with Crippen molar-refractivity contribution in [2.45, 2.75) is 26.8 Å². The summed E-state index contributed by atoms with van der Waals surface area (Å²) < 4.78 is 4.95. The first-order valence-corrected chi connectivity index (χ1v) is 8.07. The van der Waals surface area contributed by atoms with Crippen molar-refractivity contribution < 1.29 is 19.2 Å². The molecule has 1 unspecified atom stereocenters. The molecule has 26 heavy (non-hydrogen) atoms. The summed E-state index contributed by atoms with van der Waals surface area (Å²) >= 11 is 0. The van der Waals surface area contributed by atoms with Crippen LogP contribution >= 0.6 is 0 Å². The lowest BCUT2D eigenvalue weighted by Crippen LogP contribution is -2.31. The predicted octanol–water partition coefficient (Wildman–Crippen LogP) is 3.25. The molecule has 0 bridgehead atoms. The van der Waals surface area contributed by atoms with E-state index < -0.39 is 23.4 Å². The maximum atomic E-state index is 12.1. The van der Waals surface area contributed by atoms with Crippen molar-refractivity contribution >= 4 is 17.6 Å². The average Bonchev–Trinajstić information content (AvgIpc) is 2.59. The lowest BCUT2D eigenvalue weighted by atomic mass is 10.0. The van der Waals surface area contributed by atoms with Gasteiger partial charge in [-0.25, -0.2) is 4.79 Å². The maximum Gasteiger partial charge on any atom is 0.345 e. The fraction of sp³-hybridized carbons (Fsp3) is 0.263. The van der Waals surface area contributed by atoms with Crippen LogP contribution in [-0.4, -0.2) is 23.4 Å². The summed E-state index contributed by atoms with van der Waals surface area (Å²) in [6.45, 7) is 4.79. The van der Waals surface area contributed by atoms with Gasteiger partial charge in [-0.2, -0.15) is 0 Å². The highest BCUT2D eigenvalue weighted by Gasteiger charge is 2.24. The van der Waals surface area contributed by atoms with E-state index in [0.29, 0.717) is 5.56 Å². The lowest BCUT2D eigenvalue weighted by Gasteiger charge is -2.16. The van der Waals surface area contributed by atoms with Gasteiger partial charge in [0.2, 0.25) is 0 Å². The number of nitro groups is 1. The van der Waals surface area contributed by atoms with Crippen LogP contribution in [0.1, 0.15) is 40.0 Å². The van der Waals surface area contributed by atoms with Gasteiger partial charge in [0.05, 0.1) is 11.0 Å². The minimum absolute atomic E-state index is 0.172. The second-order valence-electron chi connectivity index (χ2n) is 5.95. The Morgan fingerprint density at radius 2 is 1.77 bits per heavy atom. The van der Waals surface area contributed by atoms with Crippen LogP contribution in [0, 0.1) is 24.0 Å². The van der Waals surface area contributed by atoms with Crippen molar-refractivity contribution in [3.8, 4) is 0 Å². The topological polar surface area (TPSA) is 98.5 Å². The number of ether oxygens (including phenoxy) is 1. The number of carbonyl (C=O) groups is 2. The maximum absolute atomic E-state index is 12.1. The van der Waals surface area contributed by atoms with E-state index in [1.807, 2.05) is 38.1 Å². The minimum atomic E-state index is -0.904. The summed E-state index contributed by atoms with van der Waals surface area (Å²) in [5.74, 6) is -1.39. The molecule has 7 heteroatoms. The third kappa shape index (κ3) is 4.44. The first-order valence-electron chi connectivity index (χ1n) is 8.07. The number of amides is 1. The van der Waals surface area contributed by atoms with Crippen molar-refractivity contribution in [3.63, 3.8) is 0 Å². The van der Waals surface area contributed by atoms with Gasteiger partial charge in [0, 0.05) is 5.56 Å². The van der Waals surface area contributed by atoms with Crippen LogP contribution in [0.4, 0.5) is 5.69 Å². The Kier molecular flexibility index (Phi) is 6.06. The first kappa shape index (κ1) is 19.1. The Hall–Kier alpha value is -3.22. The molecule has 136 valence electrons. The van der Waals surface area contributed by atoms with E-state index in [1.165, 1.54) is 25.1 Å². The summed E-state index contributed by atoms with van der Waals surface area (Å²) in [6, 6.07) is 11.7. The molecule has 2 aromatic carbocycles. The molecule has 0 saturated heterocycles. The number of nitrogens with zero attached hydrogens (tertiary/aromatic N) is 1. The molecule has 0 heterocycles. The largest absolute Gasteiger partial charge is 0.452 e. The number of hydrogen-bond acceptors (Lipinski definition) is 5. The number of benzene rings is 2. The van der Waals surface area contributed by atoms with Gasteiger partial charge >= 0.3 is 5.97 Å². The molecule has 1 N–H and O–H groups in total. The van der Waals surface area contributed by atoms with Gasteiger partial charge in [-0.05, 0) is 38.0 Å². The van der Waals surface area contributed by atoms with Crippen LogP contribution in [0.5, 0.6) is 0 Å². The average molecular weight is 356 g/mol. The van der Waals surface area contributed by atoms with Crippen molar-refractivity contribution in [1.29, 1.82) is 0 Å². The molecule has 7 nitrogen and oxygen atoms in total. The number of hydrogen-bond donors (Lipinski definition) is 1. The Morgan fingerprint density at radius 1 is 1.12 bits per heavy atom. The fourth-order valence-corrected chi connectivity index (χ4v) is 2.71. The van der Waals surface area contributed by atoms with E-state index in [0.717, 1.165) is 11.1 Å². The second kappa shape index (κ2) is 8.24. The number of rotatable bonds is 6.